The number of benzene rings is 1. The summed E-state index contributed by atoms with van der Waals surface area (Å²) >= 11 is 7.61. The standard InChI is InChI=1S/C21H21ClN2O4S/c1-11(27-3)18-15(10-23-20-19(18)24-12(2)29-20)9-17(25)7-13-5-14(21(26)28-4)8-16(22)6-13/h5-6,8,10-11H,7,9H2,1-4H3. The van der Waals surface area contributed by atoms with Crippen molar-refractivity contribution >= 4 is 45.0 Å². The van der Waals surface area contributed by atoms with Crippen LogP contribution >= 0.6 is 22.9 Å². The quantitative estimate of drug-likeness (QED) is 0.511. The number of aryl methyl sites for hydroxylation is 1. The zero-order chi connectivity index (χ0) is 21.1. The molecule has 3 aromatic rings. The summed E-state index contributed by atoms with van der Waals surface area (Å²) in [7, 11) is 2.93. The Morgan fingerprint density at radius 3 is 2.66 bits per heavy atom. The van der Waals surface area contributed by atoms with E-state index in [1.165, 1.54) is 24.5 Å². The first-order valence-electron chi connectivity index (χ1n) is 8.99. The Morgan fingerprint density at radius 1 is 1.21 bits per heavy atom. The average Bonchev–Trinajstić information content (AvgIpc) is 3.06. The van der Waals surface area contributed by atoms with Crippen molar-refractivity contribution in [3.63, 3.8) is 0 Å². The minimum Gasteiger partial charge on any atom is -0.465 e. The Labute approximate surface area is 177 Å². The normalized spacial score (nSPS) is 12.2. The molecule has 0 saturated carbocycles. The molecule has 0 saturated heterocycles. The molecular formula is C21H21ClN2O4S. The number of ketones is 1. The lowest BCUT2D eigenvalue weighted by Gasteiger charge is -2.15. The summed E-state index contributed by atoms with van der Waals surface area (Å²) in [6.07, 6.45) is 1.82. The Bertz CT molecular complexity index is 1080. The maximum absolute atomic E-state index is 12.8. The number of fused-ring (bicyclic) bond motifs is 1. The van der Waals surface area contributed by atoms with Crippen LogP contribution in [0.2, 0.25) is 5.02 Å². The molecule has 1 aromatic carbocycles. The second-order valence-corrected chi connectivity index (χ2v) is 8.31. The number of carbonyl (C=O) groups is 2. The molecule has 0 radical (unpaired) electrons. The minimum absolute atomic E-state index is 0.0271. The number of esters is 1. The van der Waals surface area contributed by atoms with Crippen LogP contribution in [0.1, 0.15) is 45.1 Å². The number of thiazole rings is 1. The van der Waals surface area contributed by atoms with Gasteiger partial charge >= 0.3 is 5.97 Å². The van der Waals surface area contributed by atoms with Gasteiger partial charge in [-0.2, -0.15) is 0 Å². The van der Waals surface area contributed by atoms with Gasteiger partial charge < -0.3 is 9.47 Å². The van der Waals surface area contributed by atoms with Gasteiger partial charge in [0.15, 0.2) is 0 Å². The molecule has 2 aromatic heterocycles. The first kappa shape index (κ1) is 21.4. The van der Waals surface area contributed by atoms with Crippen molar-refractivity contribution in [2.75, 3.05) is 14.2 Å². The highest BCUT2D eigenvalue weighted by atomic mass is 35.5. The number of Topliss-reactive ketones (excluding diaryl/α,β-unsaturated/α-hetero) is 1. The number of rotatable bonds is 7. The SMILES string of the molecule is COC(=O)c1cc(Cl)cc(CC(=O)Cc2cnc3sc(C)nc3c2C(C)OC)c1. The van der Waals surface area contributed by atoms with E-state index in [0.717, 1.165) is 26.5 Å². The third-order valence-corrected chi connectivity index (χ3v) is 5.68. The highest BCUT2D eigenvalue weighted by molar-refractivity contribution is 7.18. The Morgan fingerprint density at radius 2 is 1.97 bits per heavy atom. The van der Waals surface area contributed by atoms with Crippen molar-refractivity contribution in [2.24, 2.45) is 0 Å². The predicted molar refractivity (Wildman–Crippen MR) is 113 cm³/mol. The van der Waals surface area contributed by atoms with E-state index < -0.39 is 5.97 Å². The van der Waals surface area contributed by atoms with E-state index in [9.17, 15) is 9.59 Å². The number of pyridine rings is 1. The molecule has 0 aliphatic rings. The number of hydrogen-bond donors (Lipinski definition) is 0. The average molecular weight is 433 g/mol. The van der Waals surface area contributed by atoms with Crippen LogP contribution in [0.5, 0.6) is 0 Å². The Hall–Kier alpha value is -2.35. The van der Waals surface area contributed by atoms with Gasteiger partial charge in [-0.1, -0.05) is 22.9 Å². The van der Waals surface area contributed by atoms with E-state index in [1.54, 1.807) is 25.4 Å². The Kier molecular flexibility index (Phi) is 6.62. The molecule has 2 heterocycles. The zero-order valence-electron chi connectivity index (χ0n) is 16.6. The highest BCUT2D eigenvalue weighted by Crippen LogP contribution is 2.31. The van der Waals surface area contributed by atoms with Gasteiger partial charge in [0.05, 0.1) is 23.8 Å². The molecule has 152 valence electrons. The van der Waals surface area contributed by atoms with Crippen molar-refractivity contribution in [1.82, 2.24) is 9.97 Å². The summed E-state index contributed by atoms with van der Waals surface area (Å²) in [4.78, 5) is 34.5. The number of methoxy groups -OCH3 is 2. The van der Waals surface area contributed by atoms with Crippen LogP contribution in [0.25, 0.3) is 10.3 Å². The lowest BCUT2D eigenvalue weighted by atomic mass is 9.97. The molecular weight excluding hydrogens is 412 g/mol. The van der Waals surface area contributed by atoms with Crippen molar-refractivity contribution in [3.8, 4) is 0 Å². The molecule has 0 N–H and O–H groups in total. The summed E-state index contributed by atoms with van der Waals surface area (Å²) in [5, 5.41) is 1.29. The fraction of sp³-hybridized carbons (Fsp3) is 0.333. The van der Waals surface area contributed by atoms with Gasteiger partial charge in [0.25, 0.3) is 0 Å². The molecule has 1 atom stereocenters. The topological polar surface area (TPSA) is 78.4 Å². The molecule has 0 bridgehead atoms. The van der Waals surface area contributed by atoms with Crippen molar-refractivity contribution in [1.29, 1.82) is 0 Å². The minimum atomic E-state index is -0.494. The van der Waals surface area contributed by atoms with E-state index in [0.29, 0.717) is 16.1 Å². The maximum Gasteiger partial charge on any atom is 0.337 e. The zero-order valence-corrected chi connectivity index (χ0v) is 18.2. The van der Waals surface area contributed by atoms with Gasteiger partial charge in [0.2, 0.25) is 0 Å². The van der Waals surface area contributed by atoms with Crippen molar-refractivity contribution in [3.05, 3.63) is 56.7 Å². The smallest absolute Gasteiger partial charge is 0.337 e. The van der Waals surface area contributed by atoms with E-state index in [4.69, 9.17) is 21.1 Å². The van der Waals surface area contributed by atoms with E-state index in [-0.39, 0.29) is 24.7 Å². The summed E-state index contributed by atoms with van der Waals surface area (Å²) in [6.45, 7) is 3.85. The largest absolute Gasteiger partial charge is 0.465 e. The molecule has 6 nitrogen and oxygen atoms in total. The van der Waals surface area contributed by atoms with Crippen LogP contribution in [0.15, 0.2) is 24.4 Å². The van der Waals surface area contributed by atoms with E-state index >= 15 is 0 Å². The lowest BCUT2D eigenvalue weighted by molar-refractivity contribution is -0.117. The molecule has 1 unspecified atom stereocenters. The second kappa shape index (κ2) is 8.98. The summed E-state index contributed by atoms with van der Waals surface area (Å²) < 4.78 is 10.3. The van der Waals surface area contributed by atoms with Crippen LogP contribution in [0, 0.1) is 6.92 Å². The van der Waals surface area contributed by atoms with Crippen LogP contribution in [-0.2, 0) is 27.1 Å². The number of halogens is 1. The van der Waals surface area contributed by atoms with Crippen LogP contribution in [0.3, 0.4) is 0 Å². The summed E-state index contributed by atoms with van der Waals surface area (Å²) in [6, 6.07) is 4.82. The van der Waals surface area contributed by atoms with E-state index in [1.807, 2.05) is 13.8 Å². The van der Waals surface area contributed by atoms with Crippen molar-refractivity contribution < 1.29 is 19.1 Å². The number of carbonyl (C=O) groups excluding carboxylic acids is 2. The number of aromatic nitrogens is 2. The van der Waals surface area contributed by atoms with Gasteiger partial charge in [-0.25, -0.2) is 14.8 Å². The number of hydrogen-bond acceptors (Lipinski definition) is 7. The fourth-order valence-corrected chi connectivity index (χ4v) is 4.27. The van der Waals surface area contributed by atoms with Crippen LogP contribution < -0.4 is 0 Å². The van der Waals surface area contributed by atoms with E-state index in [2.05, 4.69) is 9.97 Å². The van der Waals surface area contributed by atoms with Crippen LogP contribution in [-0.4, -0.2) is 35.9 Å². The van der Waals surface area contributed by atoms with Gasteiger partial charge in [0, 0.05) is 36.7 Å². The third kappa shape index (κ3) is 4.80. The van der Waals surface area contributed by atoms with Gasteiger partial charge in [-0.3, -0.25) is 4.79 Å². The highest BCUT2D eigenvalue weighted by Gasteiger charge is 2.20. The Balaban J connectivity index is 1.89. The molecule has 0 spiro atoms. The van der Waals surface area contributed by atoms with Crippen molar-refractivity contribution in [2.45, 2.75) is 32.8 Å². The fourth-order valence-electron chi connectivity index (χ4n) is 3.24. The second-order valence-electron chi connectivity index (χ2n) is 6.69. The number of ether oxygens (including phenoxy) is 2. The maximum atomic E-state index is 12.8. The lowest BCUT2D eigenvalue weighted by Crippen LogP contribution is -2.12. The monoisotopic (exact) mass is 432 g/mol. The van der Waals surface area contributed by atoms with Crippen LogP contribution in [0.4, 0.5) is 0 Å². The first-order chi connectivity index (χ1) is 13.8. The van der Waals surface area contributed by atoms with Gasteiger partial charge in [-0.05, 0) is 43.2 Å². The molecule has 0 fully saturated rings. The molecule has 0 aliphatic heterocycles. The third-order valence-electron chi connectivity index (χ3n) is 4.58. The van der Waals surface area contributed by atoms with Gasteiger partial charge in [0.1, 0.15) is 16.1 Å². The van der Waals surface area contributed by atoms with Gasteiger partial charge in [-0.15, -0.1) is 0 Å². The predicted octanol–water partition coefficient (Wildman–Crippen LogP) is 4.50. The summed E-state index contributed by atoms with van der Waals surface area (Å²) in [5.74, 6) is -0.522. The molecule has 0 aliphatic carbocycles. The molecule has 29 heavy (non-hydrogen) atoms. The number of nitrogens with zero attached hydrogens (tertiary/aromatic N) is 2. The molecule has 0 amide bonds. The summed E-state index contributed by atoms with van der Waals surface area (Å²) in [5.41, 5.74) is 3.43. The molecule has 8 heteroatoms. The first-order valence-corrected chi connectivity index (χ1v) is 10.2. The molecule has 3 rings (SSSR count).